The second-order valence-electron chi connectivity index (χ2n) is 6.39. The minimum atomic E-state index is -0.00907. The molecule has 2 rings (SSSR count). The number of hydrogen-bond donors (Lipinski definition) is 1. The van der Waals surface area contributed by atoms with Gasteiger partial charge in [0.25, 0.3) is 5.91 Å². The van der Waals surface area contributed by atoms with Crippen LogP contribution in [0.3, 0.4) is 0 Å². The standard InChI is InChI=1S/C17H28N4O2/c1-4-18-17-19-10-14(11-20-17)16(22)21-8-9-23-15(12-21)7-5-6-13(2)3/h10-11,13,15H,4-9,12H2,1-3H3,(H,18,19,20)/t15-/m0/s1. The number of rotatable bonds is 7. The zero-order chi connectivity index (χ0) is 16.7. The van der Waals surface area contributed by atoms with Crippen LogP contribution in [0.2, 0.25) is 0 Å². The van der Waals surface area contributed by atoms with E-state index in [1.54, 1.807) is 12.4 Å². The van der Waals surface area contributed by atoms with Gasteiger partial charge in [0, 0.05) is 32.0 Å². The molecule has 0 spiro atoms. The number of morpholine rings is 1. The molecule has 1 aromatic heterocycles. The van der Waals surface area contributed by atoms with Crippen molar-refractivity contribution in [2.45, 2.75) is 46.1 Å². The van der Waals surface area contributed by atoms with Crippen molar-refractivity contribution in [1.82, 2.24) is 14.9 Å². The Bertz CT molecular complexity index is 490. The minimum absolute atomic E-state index is 0.00907. The molecule has 0 aliphatic carbocycles. The summed E-state index contributed by atoms with van der Waals surface area (Å²) in [5.74, 6) is 1.26. The van der Waals surface area contributed by atoms with Crippen LogP contribution < -0.4 is 5.32 Å². The van der Waals surface area contributed by atoms with Crippen molar-refractivity contribution < 1.29 is 9.53 Å². The van der Waals surface area contributed by atoms with Gasteiger partial charge < -0.3 is 15.0 Å². The van der Waals surface area contributed by atoms with E-state index in [2.05, 4.69) is 29.1 Å². The Morgan fingerprint density at radius 3 is 2.83 bits per heavy atom. The van der Waals surface area contributed by atoms with Gasteiger partial charge in [-0.15, -0.1) is 0 Å². The number of ether oxygens (including phenoxy) is 1. The molecule has 1 aliphatic heterocycles. The summed E-state index contributed by atoms with van der Waals surface area (Å²) in [5, 5.41) is 3.03. The van der Waals surface area contributed by atoms with E-state index in [-0.39, 0.29) is 12.0 Å². The molecule has 2 heterocycles. The van der Waals surface area contributed by atoms with Gasteiger partial charge >= 0.3 is 0 Å². The molecule has 1 aromatic rings. The summed E-state index contributed by atoms with van der Waals surface area (Å²) in [6, 6.07) is 0. The van der Waals surface area contributed by atoms with E-state index in [1.165, 1.54) is 6.42 Å². The lowest BCUT2D eigenvalue weighted by Crippen LogP contribution is -2.45. The van der Waals surface area contributed by atoms with Crippen LogP contribution in [0, 0.1) is 5.92 Å². The van der Waals surface area contributed by atoms with E-state index in [0.717, 1.165) is 19.4 Å². The molecule has 0 radical (unpaired) electrons. The van der Waals surface area contributed by atoms with Crippen LogP contribution in [-0.2, 0) is 4.74 Å². The topological polar surface area (TPSA) is 67.4 Å². The summed E-state index contributed by atoms with van der Waals surface area (Å²) in [6.07, 6.45) is 6.69. The summed E-state index contributed by atoms with van der Waals surface area (Å²) < 4.78 is 5.79. The fraction of sp³-hybridized carbons (Fsp3) is 0.706. The zero-order valence-corrected chi connectivity index (χ0v) is 14.4. The first-order valence-electron chi connectivity index (χ1n) is 8.57. The van der Waals surface area contributed by atoms with Gasteiger partial charge in [-0.1, -0.05) is 26.7 Å². The summed E-state index contributed by atoms with van der Waals surface area (Å²) in [4.78, 5) is 22.8. The second-order valence-corrected chi connectivity index (χ2v) is 6.39. The maximum Gasteiger partial charge on any atom is 0.257 e. The molecule has 1 saturated heterocycles. The Morgan fingerprint density at radius 2 is 2.17 bits per heavy atom. The zero-order valence-electron chi connectivity index (χ0n) is 14.4. The molecule has 23 heavy (non-hydrogen) atoms. The van der Waals surface area contributed by atoms with Gasteiger partial charge in [-0.2, -0.15) is 0 Å². The first kappa shape index (κ1) is 17.7. The van der Waals surface area contributed by atoms with Crippen LogP contribution in [0.25, 0.3) is 0 Å². The smallest absolute Gasteiger partial charge is 0.257 e. The number of anilines is 1. The molecular formula is C17H28N4O2. The Balaban J connectivity index is 1.88. The maximum atomic E-state index is 12.6. The first-order chi connectivity index (χ1) is 11.1. The van der Waals surface area contributed by atoms with E-state index in [4.69, 9.17) is 4.74 Å². The Labute approximate surface area is 138 Å². The first-order valence-corrected chi connectivity index (χ1v) is 8.57. The summed E-state index contributed by atoms with van der Waals surface area (Å²) in [7, 11) is 0. The third kappa shape index (κ3) is 5.46. The van der Waals surface area contributed by atoms with Gasteiger partial charge in [-0.3, -0.25) is 4.79 Å². The van der Waals surface area contributed by atoms with Crippen molar-refractivity contribution in [3.8, 4) is 0 Å². The highest BCUT2D eigenvalue weighted by molar-refractivity contribution is 5.93. The van der Waals surface area contributed by atoms with Crippen LogP contribution >= 0.6 is 0 Å². The van der Waals surface area contributed by atoms with Crippen molar-refractivity contribution in [2.24, 2.45) is 5.92 Å². The van der Waals surface area contributed by atoms with Gasteiger partial charge in [-0.25, -0.2) is 9.97 Å². The van der Waals surface area contributed by atoms with E-state index >= 15 is 0 Å². The van der Waals surface area contributed by atoms with Crippen LogP contribution in [-0.4, -0.2) is 53.1 Å². The lowest BCUT2D eigenvalue weighted by molar-refractivity contribution is -0.0260. The quantitative estimate of drug-likeness (QED) is 0.836. The molecule has 128 valence electrons. The van der Waals surface area contributed by atoms with Gasteiger partial charge in [0.15, 0.2) is 0 Å². The molecule has 1 fully saturated rings. The lowest BCUT2D eigenvalue weighted by atomic mass is 10.0. The average molecular weight is 320 g/mol. The molecule has 0 aromatic carbocycles. The van der Waals surface area contributed by atoms with E-state index < -0.39 is 0 Å². The summed E-state index contributed by atoms with van der Waals surface area (Å²) >= 11 is 0. The molecule has 0 saturated carbocycles. The normalized spacial score (nSPS) is 18.3. The van der Waals surface area contributed by atoms with Crippen molar-refractivity contribution >= 4 is 11.9 Å². The van der Waals surface area contributed by atoms with Crippen molar-refractivity contribution in [2.75, 3.05) is 31.6 Å². The van der Waals surface area contributed by atoms with Crippen LogP contribution in [0.15, 0.2) is 12.4 Å². The van der Waals surface area contributed by atoms with E-state index in [9.17, 15) is 4.79 Å². The number of aromatic nitrogens is 2. The fourth-order valence-electron chi connectivity index (χ4n) is 2.70. The predicted molar refractivity (Wildman–Crippen MR) is 90.5 cm³/mol. The SMILES string of the molecule is CCNc1ncc(C(=O)N2CCO[C@@H](CCCC(C)C)C2)cn1. The van der Waals surface area contributed by atoms with Gasteiger partial charge in [-0.05, 0) is 19.3 Å². The number of carbonyl (C=O) groups is 1. The highest BCUT2D eigenvalue weighted by Gasteiger charge is 2.25. The highest BCUT2D eigenvalue weighted by Crippen LogP contribution is 2.16. The molecule has 0 unspecified atom stereocenters. The fourth-order valence-corrected chi connectivity index (χ4v) is 2.70. The van der Waals surface area contributed by atoms with Crippen LogP contribution in [0.1, 0.15) is 50.4 Å². The van der Waals surface area contributed by atoms with Crippen LogP contribution in [0.4, 0.5) is 5.95 Å². The Morgan fingerprint density at radius 1 is 1.43 bits per heavy atom. The maximum absolute atomic E-state index is 12.6. The lowest BCUT2D eigenvalue weighted by Gasteiger charge is -2.33. The molecule has 6 heteroatoms. The molecule has 1 atom stereocenters. The monoisotopic (exact) mass is 320 g/mol. The van der Waals surface area contributed by atoms with Crippen molar-refractivity contribution in [3.05, 3.63) is 18.0 Å². The summed E-state index contributed by atoms with van der Waals surface area (Å²) in [6.45, 7) is 9.10. The van der Waals surface area contributed by atoms with E-state index in [0.29, 0.717) is 37.1 Å². The number of hydrogen-bond acceptors (Lipinski definition) is 5. The molecule has 0 bridgehead atoms. The number of nitrogens with one attached hydrogen (secondary N) is 1. The van der Waals surface area contributed by atoms with Crippen LogP contribution in [0.5, 0.6) is 0 Å². The summed E-state index contributed by atoms with van der Waals surface area (Å²) in [5.41, 5.74) is 0.537. The largest absolute Gasteiger partial charge is 0.375 e. The van der Waals surface area contributed by atoms with Crippen molar-refractivity contribution in [1.29, 1.82) is 0 Å². The van der Waals surface area contributed by atoms with Gasteiger partial charge in [0.05, 0.1) is 18.3 Å². The molecule has 1 amide bonds. The predicted octanol–water partition coefficient (Wildman–Crippen LogP) is 2.58. The molecule has 1 N–H and O–H groups in total. The molecule has 6 nitrogen and oxygen atoms in total. The molecule has 1 aliphatic rings. The highest BCUT2D eigenvalue weighted by atomic mass is 16.5. The average Bonchev–Trinajstić information content (AvgIpc) is 2.55. The third-order valence-electron chi connectivity index (χ3n) is 3.97. The number of carbonyl (C=O) groups excluding carboxylic acids is 1. The van der Waals surface area contributed by atoms with Gasteiger partial charge in [0.1, 0.15) is 0 Å². The Hall–Kier alpha value is -1.69. The number of nitrogens with zero attached hydrogens (tertiary/aromatic N) is 3. The Kier molecular flexibility index (Phi) is 6.77. The number of amides is 1. The minimum Gasteiger partial charge on any atom is -0.375 e. The van der Waals surface area contributed by atoms with E-state index in [1.807, 2.05) is 11.8 Å². The van der Waals surface area contributed by atoms with Gasteiger partial charge in [0.2, 0.25) is 5.95 Å². The second kappa shape index (κ2) is 8.82. The molecular weight excluding hydrogens is 292 g/mol. The van der Waals surface area contributed by atoms with Crippen molar-refractivity contribution in [3.63, 3.8) is 0 Å². The third-order valence-corrected chi connectivity index (χ3v) is 3.97.